The third-order valence-electron chi connectivity index (χ3n) is 5.62. The highest BCUT2D eigenvalue weighted by Gasteiger charge is 2.35. The summed E-state index contributed by atoms with van der Waals surface area (Å²) in [4.78, 5) is 19.0. The van der Waals surface area contributed by atoms with Gasteiger partial charge in [0.1, 0.15) is 5.82 Å². The Morgan fingerprint density at radius 2 is 2.03 bits per heavy atom. The molecule has 1 aromatic carbocycles. The Labute approximate surface area is 181 Å². The van der Waals surface area contributed by atoms with E-state index in [1.165, 1.54) is 12.1 Å². The molecule has 6 heteroatoms. The number of hydrogen-bond donors (Lipinski definition) is 0. The number of alkyl halides is 2. The Balaban J connectivity index is 1.99. The van der Waals surface area contributed by atoms with Gasteiger partial charge >= 0.3 is 0 Å². The van der Waals surface area contributed by atoms with Crippen LogP contribution < -0.4 is 4.90 Å². The van der Waals surface area contributed by atoms with Crippen molar-refractivity contribution in [2.45, 2.75) is 46.5 Å². The summed E-state index contributed by atoms with van der Waals surface area (Å²) in [5.41, 5.74) is 2.12. The standard InChI is InChI=1S/C25H25F2N3O/c1-6-30(22-8-7-20-21(29-22)9-10-24(3,4)23(20)31)15-16(2)18-11-17(14-28)12-19(13-18)25(5,26)27/h6-8,11-13,15H,1,9-10H2,2-5H3/b16-15+. The van der Waals surface area contributed by atoms with Crippen LogP contribution in [-0.2, 0) is 12.3 Å². The van der Waals surface area contributed by atoms with Crippen LogP contribution in [0.1, 0.15) is 66.9 Å². The van der Waals surface area contributed by atoms with Crippen molar-refractivity contribution in [1.29, 1.82) is 5.26 Å². The first-order chi connectivity index (χ1) is 14.5. The zero-order valence-corrected chi connectivity index (χ0v) is 18.2. The molecule has 160 valence electrons. The van der Waals surface area contributed by atoms with Crippen molar-refractivity contribution in [2.75, 3.05) is 4.90 Å². The number of aryl methyl sites for hydroxylation is 1. The molecule has 1 aliphatic rings. The summed E-state index contributed by atoms with van der Waals surface area (Å²) in [5.74, 6) is -2.38. The van der Waals surface area contributed by atoms with Crippen LogP contribution in [0.2, 0.25) is 0 Å². The van der Waals surface area contributed by atoms with Gasteiger partial charge in [-0.15, -0.1) is 0 Å². The van der Waals surface area contributed by atoms with Crippen LogP contribution >= 0.6 is 0 Å². The normalized spacial score (nSPS) is 15.8. The summed E-state index contributed by atoms with van der Waals surface area (Å²) in [6.45, 7) is 10.3. The number of pyridine rings is 1. The van der Waals surface area contributed by atoms with E-state index in [4.69, 9.17) is 0 Å². The first-order valence-electron chi connectivity index (χ1n) is 10.0. The number of rotatable bonds is 5. The van der Waals surface area contributed by atoms with E-state index in [2.05, 4.69) is 11.6 Å². The van der Waals surface area contributed by atoms with E-state index >= 15 is 0 Å². The van der Waals surface area contributed by atoms with Crippen LogP contribution in [0, 0.1) is 16.7 Å². The fourth-order valence-corrected chi connectivity index (χ4v) is 3.61. The van der Waals surface area contributed by atoms with Gasteiger partial charge in [-0.3, -0.25) is 4.79 Å². The van der Waals surface area contributed by atoms with Gasteiger partial charge in [-0.25, -0.2) is 13.8 Å². The molecule has 1 aliphatic carbocycles. The molecular formula is C25H25F2N3O. The lowest BCUT2D eigenvalue weighted by Crippen LogP contribution is -2.31. The fourth-order valence-electron chi connectivity index (χ4n) is 3.61. The topological polar surface area (TPSA) is 57.0 Å². The minimum Gasteiger partial charge on any atom is -0.309 e. The third kappa shape index (κ3) is 4.56. The van der Waals surface area contributed by atoms with Gasteiger partial charge in [0.15, 0.2) is 5.78 Å². The summed E-state index contributed by atoms with van der Waals surface area (Å²) < 4.78 is 27.7. The smallest absolute Gasteiger partial charge is 0.270 e. The summed E-state index contributed by atoms with van der Waals surface area (Å²) >= 11 is 0. The lowest BCUT2D eigenvalue weighted by molar-refractivity contribution is 0.0174. The Bertz CT molecular complexity index is 1120. The van der Waals surface area contributed by atoms with Crippen molar-refractivity contribution in [3.8, 4) is 6.07 Å². The maximum atomic E-state index is 13.9. The number of hydrogen-bond acceptors (Lipinski definition) is 4. The molecule has 0 spiro atoms. The number of nitriles is 1. The number of fused-ring (bicyclic) bond motifs is 1. The van der Waals surface area contributed by atoms with Gasteiger partial charge in [-0.1, -0.05) is 20.4 Å². The van der Waals surface area contributed by atoms with Crippen molar-refractivity contribution in [3.63, 3.8) is 0 Å². The highest BCUT2D eigenvalue weighted by Crippen LogP contribution is 2.35. The number of carbonyl (C=O) groups excluding carboxylic acids is 1. The Hall–Kier alpha value is -3.33. The molecule has 2 aromatic rings. The van der Waals surface area contributed by atoms with Gasteiger partial charge in [0.25, 0.3) is 5.92 Å². The van der Waals surface area contributed by atoms with Crippen LogP contribution in [0.4, 0.5) is 14.6 Å². The molecule has 0 saturated carbocycles. The van der Waals surface area contributed by atoms with E-state index < -0.39 is 11.3 Å². The van der Waals surface area contributed by atoms with Crippen molar-refractivity contribution in [2.24, 2.45) is 5.41 Å². The molecule has 0 radical (unpaired) electrons. The highest BCUT2D eigenvalue weighted by atomic mass is 19.3. The second-order valence-corrected chi connectivity index (χ2v) is 8.58. The van der Waals surface area contributed by atoms with Gasteiger partial charge in [-0.05, 0) is 61.2 Å². The maximum Gasteiger partial charge on any atom is 0.270 e. The quantitative estimate of drug-likeness (QED) is 0.574. The molecule has 4 nitrogen and oxygen atoms in total. The Morgan fingerprint density at radius 3 is 2.65 bits per heavy atom. The van der Waals surface area contributed by atoms with Crippen LogP contribution in [-0.4, -0.2) is 10.8 Å². The summed E-state index contributed by atoms with van der Waals surface area (Å²) in [7, 11) is 0. The fraction of sp³-hybridized carbons (Fsp3) is 0.320. The van der Waals surface area contributed by atoms with Crippen molar-refractivity contribution < 1.29 is 13.6 Å². The summed E-state index contributed by atoms with van der Waals surface area (Å²) in [6, 6.07) is 9.63. The monoisotopic (exact) mass is 421 g/mol. The van der Waals surface area contributed by atoms with Crippen molar-refractivity contribution >= 4 is 17.2 Å². The molecule has 0 saturated heterocycles. The average molecular weight is 421 g/mol. The van der Waals surface area contributed by atoms with Gasteiger partial charge < -0.3 is 4.90 Å². The average Bonchev–Trinajstić information content (AvgIpc) is 2.73. The molecule has 0 unspecified atom stereocenters. The van der Waals surface area contributed by atoms with E-state index in [0.717, 1.165) is 19.0 Å². The zero-order valence-electron chi connectivity index (χ0n) is 18.2. The van der Waals surface area contributed by atoms with Gasteiger partial charge in [0.05, 0.1) is 17.3 Å². The first-order valence-corrected chi connectivity index (χ1v) is 10.0. The summed E-state index contributed by atoms with van der Waals surface area (Å²) in [6.07, 6.45) is 4.72. The molecule has 0 atom stereocenters. The number of halogens is 2. The molecule has 31 heavy (non-hydrogen) atoms. The van der Waals surface area contributed by atoms with Crippen molar-refractivity contribution in [1.82, 2.24) is 4.98 Å². The molecule has 3 rings (SSSR count). The van der Waals surface area contributed by atoms with Crippen LogP contribution in [0.3, 0.4) is 0 Å². The molecule has 1 aromatic heterocycles. The van der Waals surface area contributed by atoms with Crippen LogP contribution in [0.5, 0.6) is 0 Å². The first kappa shape index (κ1) is 22.4. The number of carbonyl (C=O) groups is 1. The number of benzene rings is 1. The lowest BCUT2D eigenvalue weighted by atomic mass is 9.75. The number of nitrogens with zero attached hydrogens (tertiary/aromatic N) is 3. The van der Waals surface area contributed by atoms with Crippen LogP contribution in [0.25, 0.3) is 5.57 Å². The zero-order chi connectivity index (χ0) is 23.0. The third-order valence-corrected chi connectivity index (χ3v) is 5.62. The molecule has 0 N–H and O–H groups in total. The molecule has 0 aliphatic heterocycles. The minimum atomic E-state index is -3.06. The minimum absolute atomic E-state index is 0.0889. The predicted octanol–water partition coefficient (Wildman–Crippen LogP) is 6.23. The number of ketones is 1. The molecular weight excluding hydrogens is 396 g/mol. The van der Waals surface area contributed by atoms with Crippen LogP contribution in [0.15, 0.2) is 49.3 Å². The van der Waals surface area contributed by atoms with E-state index in [1.54, 1.807) is 42.4 Å². The maximum absolute atomic E-state index is 13.9. The Kier molecular flexibility index (Phi) is 5.82. The predicted molar refractivity (Wildman–Crippen MR) is 118 cm³/mol. The highest BCUT2D eigenvalue weighted by molar-refractivity contribution is 6.02. The number of Topliss-reactive ketones (excluding diaryl/α,β-unsaturated/α-hetero) is 1. The molecule has 0 bridgehead atoms. The van der Waals surface area contributed by atoms with E-state index in [1.807, 2.05) is 19.9 Å². The SMILES string of the molecule is C=CN(/C=C(\C)c1cc(C#N)cc(C(C)(F)F)c1)c1ccc2c(n1)CCC(C)(C)C2=O. The van der Waals surface area contributed by atoms with Crippen molar-refractivity contribution in [3.05, 3.63) is 77.3 Å². The Morgan fingerprint density at radius 1 is 1.32 bits per heavy atom. The lowest BCUT2D eigenvalue weighted by Gasteiger charge is -2.29. The second kappa shape index (κ2) is 8.07. The molecule has 1 heterocycles. The van der Waals surface area contributed by atoms with Gasteiger partial charge in [0, 0.05) is 35.9 Å². The number of allylic oxidation sites excluding steroid dienone is 1. The molecule has 0 fully saturated rings. The molecule has 0 amide bonds. The van der Waals surface area contributed by atoms with Gasteiger partial charge in [-0.2, -0.15) is 5.26 Å². The summed E-state index contributed by atoms with van der Waals surface area (Å²) in [5, 5.41) is 9.23. The van der Waals surface area contributed by atoms with E-state index in [-0.39, 0.29) is 16.9 Å². The number of aromatic nitrogens is 1. The van der Waals surface area contributed by atoms with Gasteiger partial charge in [0.2, 0.25) is 0 Å². The number of anilines is 1. The largest absolute Gasteiger partial charge is 0.309 e. The second-order valence-electron chi connectivity index (χ2n) is 8.58. The van der Waals surface area contributed by atoms with E-state index in [9.17, 15) is 18.8 Å². The van der Waals surface area contributed by atoms with E-state index in [0.29, 0.717) is 28.9 Å².